The van der Waals surface area contributed by atoms with Gasteiger partial charge in [0.2, 0.25) is 11.8 Å². The largest absolute Gasteiger partial charge is 0.356 e. The number of carbonyl (C=O) groups is 3. The minimum Gasteiger partial charge on any atom is -0.356 e. The van der Waals surface area contributed by atoms with E-state index in [4.69, 9.17) is 11.0 Å². The fourth-order valence-corrected chi connectivity index (χ4v) is 4.38. The van der Waals surface area contributed by atoms with E-state index in [0.717, 1.165) is 0 Å². The Morgan fingerprint density at radius 2 is 1.90 bits per heavy atom. The molecule has 4 N–H and O–H groups in total. The Morgan fingerprint density at radius 3 is 2.38 bits per heavy atom. The van der Waals surface area contributed by atoms with Crippen LogP contribution in [-0.2, 0) is 14.4 Å². The van der Waals surface area contributed by atoms with E-state index in [0.29, 0.717) is 38.6 Å². The number of amides is 2. The molecular weight excluding hydrogens is 370 g/mol. The van der Waals surface area contributed by atoms with Gasteiger partial charge in [-0.3, -0.25) is 14.4 Å². The van der Waals surface area contributed by atoms with Gasteiger partial charge in [-0.2, -0.15) is 10.5 Å². The average molecular weight is 402 g/mol. The van der Waals surface area contributed by atoms with Crippen LogP contribution in [0.1, 0.15) is 58.8 Å². The van der Waals surface area contributed by atoms with Gasteiger partial charge in [0.1, 0.15) is 6.04 Å². The third kappa shape index (κ3) is 5.55. The highest BCUT2D eigenvalue weighted by atomic mass is 16.2. The monoisotopic (exact) mass is 401 g/mol. The molecule has 1 aliphatic heterocycles. The molecule has 1 heterocycles. The summed E-state index contributed by atoms with van der Waals surface area (Å²) < 4.78 is 0. The van der Waals surface area contributed by atoms with Crippen molar-refractivity contribution in [1.29, 1.82) is 10.5 Å². The maximum atomic E-state index is 13.2. The highest BCUT2D eigenvalue weighted by molar-refractivity contribution is 6.11. The van der Waals surface area contributed by atoms with E-state index in [1.165, 1.54) is 0 Å². The summed E-state index contributed by atoms with van der Waals surface area (Å²) in [6, 6.07) is 3.38. The number of hydrogen-bond donors (Lipinski definition) is 3. The Bertz CT molecular complexity index is 715. The van der Waals surface area contributed by atoms with Crippen LogP contribution < -0.4 is 16.4 Å². The van der Waals surface area contributed by atoms with Crippen molar-refractivity contribution in [2.75, 3.05) is 6.54 Å². The van der Waals surface area contributed by atoms with Crippen LogP contribution in [0.3, 0.4) is 0 Å². The number of nitrogens with zero attached hydrogens (tertiary/aromatic N) is 2. The summed E-state index contributed by atoms with van der Waals surface area (Å²) in [4.78, 5) is 38.1. The third-order valence-electron chi connectivity index (χ3n) is 6.00. The number of ketones is 1. The molecule has 3 atom stereocenters. The molecule has 1 saturated carbocycles. The lowest BCUT2D eigenvalue weighted by molar-refractivity contribution is -0.140. The second-order valence-electron chi connectivity index (χ2n) is 8.78. The molecule has 8 nitrogen and oxygen atoms in total. The molecule has 1 aliphatic carbocycles. The van der Waals surface area contributed by atoms with Crippen molar-refractivity contribution in [1.82, 2.24) is 10.6 Å². The van der Waals surface area contributed by atoms with Crippen LogP contribution in [-0.4, -0.2) is 35.7 Å². The summed E-state index contributed by atoms with van der Waals surface area (Å²) >= 11 is 0. The summed E-state index contributed by atoms with van der Waals surface area (Å²) in [6.45, 7) is 4.34. The molecule has 1 saturated heterocycles. The molecule has 0 bridgehead atoms. The van der Waals surface area contributed by atoms with Gasteiger partial charge in [-0.25, -0.2) is 0 Å². The zero-order chi connectivity index (χ0) is 21.6. The fourth-order valence-electron chi connectivity index (χ4n) is 4.38. The highest BCUT2D eigenvalue weighted by Crippen LogP contribution is 2.33. The molecule has 0 spiro atoms. The SMILES string of the molecule is CC(C)C[C@](N)(C(=O)N[C@H](C#N)C[C@@H]1CCNC1=O)C(=O)[C@H]1CC[C@H](C#N)CC1. The van der Waals surface area contributed by atoms with Gasteiger partial charge in [0, 0.05) is 24.3 Å². The van der Waals surface area contributed by atoms with E-state index in [-0.39, 0.29) is 48.2 Å². The third-order valence-corrected chi connectivity index (χ3v) is 6.00. The standard InChI is InChI=1S/C21H31N5O3/c1-13(2)10-21(24,18(27)15-5-3-14(11-22)4-6-15)20(29)26-17(12-23)9-16-7-8-25-19(16)28/h13-17H,3-10,24H2,1-2H3,(H,25,28)(H,26,29)/t14-,15-,16-,17-,21+/m0/s1. The van der Waals surface area contributed by atoms with Gasteiger partial charge in [-0.05, 0) is 50.9 Å². The summed E-state index contributed by atoms with van der Waals surface area (Å²) in [6.07, 6.45) is 3.35. The Hall–Kier alpha value is -2.45. The molecule has 0 aromatic rings. The molecule has 0 unspecified atom stereocenters. The zero-order valence-electron chi connectivity index (χ0n) is 17.2. The lowest BCUT2D eigenvalue weighted by Gasteiger charge is -2.34. The van der Waals surface area contributed by atoms with Crippen LogP contribution in [0.15, 0.2) is 0 Å². The maximum absolute atomic E-state index is 13.2. The molecule has 0 radical (unpaired) electrons. The minimum absolute atomic E-state index is 0.00583. The highest BCUT2D eigenvalue weighted by Gasteiger charge is 2.46. The van der Waals surface area contributed by atoms with Gasteiger partial charge in [0.15, 0.2) is 11.3 Å². The molecule has 158 valence electrons. The number of nitrogens with one attached hydrogen (secondary N) is 2. The van der Waals surface area contributed by atoms with Gasteiger partial charge in [0.25, 0.3) is 0 Å². The van der Waals surface area contributed by atoms with Crippen molar-refractivity contribution in [2.24, 2.45) is 29.4 Å². The number of nitrogens with two attached hydrogens (primary N) is 1. The summed E-state index contributed by atoms with van der Waals surface area (Å²) in [5.41, 5.74) is 4.69. The van der Waals surface area contributed by atoms with E-state index in [9.17, 15) is 19.6 Å². The van der Waals surface area contributed by atoms with E-state index >= 15 is 0 Å². The van der Waals surface area contributed by atoms with Crippen LogP contribution in [0.25, 0.3) is 0 Å². The van der Waals surface area contributed by atoms with Gasteiger partial charge in [-0.1, -0.05) is 13.8 Å². The number of nitriles is 2. The molecule has 29 heavy (non-hydrogen) atoms. The lowest BCUT2D eigenvalue weighted by atomic mass is 9.72. The molecule has 0 aromatic carbocycles. The van der Waals surface area contributed by atoms with Crippen LogP contribution in [0.5, 0.6) is 0 Å². The van der Waals surface area contributed by atoms with Gasteiger partial charge < -0.3 is 16.4 Å². The number of Topliss-reactive ketones (excluding diaryl/α,β-unsaturated/α-hetero) is 1. The first kappa shape index (κ1) is 22.8. The van der Waals surface area contributed by atoms with Crippen molar-refractivity contribution in [2.45, 2.75) is 70.4 Å². The number of carbonyl (C=O) groups excluding carboxylic acids is 3. The van der Waals surface area contributed by atoms with E-state index in [2.05, 4.69) is 16.7 Å². The fraction of sp³-hybridized carbons (Fsp3) is 0.762. The predicted octanol–water partition coefficient (Wildman–Crippen LogP) is 1.16. The lowest BCUT2D eigenvalue weighted by Crippen LogP contribution is -2.63. The Morgan fingerprint density at radius 1 is 1.24 bits per heavy atom. The molecule has 8 heteroatoms. The van der Waals surface area contributed by atoms with Crippen molar-refractivity contribution in [3.05, 3.63) is 0 Å². The first-order chi connectivity index (χ1) is 13.7. The van der Waals surface area contributed by atoms with Gasteiger partial charge >= 0.3 is 0 Å². The molecular formula is C21H31N5O3. The normalized spacial score (nSPS) is 27.2. The summed E-state index contributed by atoms with van der Waals surface area (Å²) in [7, 11) is 0. The van der Waals surface area contributed by atoms with Gasteiger partial charge in [-0.15, -0.1) is 0 Å². The molecule has 2 aliphatic rings. The first-order valence-corrected chi connectivity index (χ1v) is 10.4. The van der Waals surface area contributed by atoms with Crippen LogP contribution in [0.4, 0.5) is 0 Å². The number of hydrogen-bond acceptors (Lipinski definition) is 6. The summed E-state index contributed by atoms with van der Waals surface area (Å²) in [5.74, 6) is -1.80. The Labute approximate surface area is 172 Å². The van der Waals surface area contributed by atoms with E-state index in [1.807, 2.05) is 19.9 Å². The Balaban J connectivity index is 2.11. The smallest absolute Gasteiger partial charge is 0.248 e. The molecule has 0 aromatic heterocycles. The predicted molar refractivity (Wildman–Crippen MR) is 106 cm³/mol. The van der Waals surface area contributed by atoms with Crippen LogP contribution in [0.2, 0.25) is 0 Å². The van der Waals surface area contributed by atoms with Crippen molar-refractivity contribution >= 4 is 17.6 Å². The van der Waals surface area contributed by atoms with Crippen molar-refractivity contribution in [3.8, 4) is 12.1 Å². The van der Waals surface area contributed by atoms with Crippen molar-refractivity contribution < 1.29 is 14.4 Å². The topological polar surface area (TPSA) is 149 Å². The van der Waals surface area contributed by atoms with Crippen LogP contribution >= 0.6 is 0 Å². The quantitative estimate of drug-likeness (QED) is 0.520. The second kappa shape index (κ2) is 9.84. The second-order valence-corrected chi connectivity index (χ2v) is 8.78. The van der Waals surface area contributed by atoms with Gasteiger partial charge in [0.05, 0.1) is 12.1 Å². The van der Waals surface area contributed by atoms with E-state index < -0.39 is 17.5 Å². The Kier molecular flexibility index (Phi) is 7.75. The minimum atomic E-state index is -1.72. The first-order valence-electron chi connectivity index (χ1n) is 10.4. The molecule has 2 amide bonds. The molecule has 2 rings (SSSR count). The van der Waals surface area contributed by atoms with E-state index in [1.54, 1.807) is 0 Å². The van der Waals surface area contributed by atoms with Crippen LogP contribution in [0, 0.1) is 46.3 Å². The summed E-state index contributed by atoms with van der Waals surface area (Å²) in [5, 5.41) is 23.9. The average Bonchev–Trinajstić information content (AvgIpc) is 3.10. The maximum Gasteiger partial charge on any atom is 0.248 e. The number of rotatable bonds is 8. The zero-order valence-corrected chi connectivity index (χ0v) is 17.2. The molecule has 2 fully saturated rings. The van der Waals surface area contributed by atoms with Crippen molar-refractivity contribution in [3.63, 3.8) is 0 Å².